The van der Waals surface area contributed by atoms with Crippen LogP contribution >= 0.6 is 11.6 Å². The number of aliphatic carboxylic acids is 2. The van der Waals surface area contributed by atoms with Crippen molar-refractivity contribution >= 4 is 29.4 Å². The van der Waals surface area contributed by atoms with Gasteiger partial charge in [-0.05, 0) is 36.2 Å². The number of nitriles is 1. The number of rotatable bonds is 8. The Balaban J connectivity index is 0.000000346. The molecule has 0 saturated heterocycles. The number of amides is 1. The molecule has 5 N–H and O–H groups in total. The number of benzene rings is 2. The first-order valence-corrected chi connectivity index (χ1v) is 9.31. The number of carbonyl (C=O) groups is 3. The molecule has 0 aliphatic rings. The first kappa shape index (κ1) is 24.6. The van der Waals surface area contributed by atoms with Crippen molar-refractivity contribution in [1.82, 2.24) is 5.32 Å². The fourth-order valence-corrected chi connectivity index (χ4v) is 2.41. The Hall–Kier alpha value is -3.41. The molecule has 0 radical (unpaired) electrons. The third kappa shape index (κ3) is 9.68. The van der Waals surface area contributed by atoms with Gasteiger partial charge in [0.15, 0.2) is 0 Å². The highest BCUT2D eigenvalue weighted by Gasteiger charge is 2.21. The molecule has 0 fully saturated rings. The van der Waals surface area contributed by atoms with Crippen molar-refractivity contribution in [2.45, 2.75) is 31.3 Å². The van der Waals surface area contributed by atoms with Crippen LogP contribution in [0.4, 0.5) is 0 Å². The van der Waals surface area contributed by atoms with E-state index >= 15 is 0 Å². The number of nitrogens with two attached hydrogens (primary N) is 1. The lowest BCUT2D eigenvalue weighted by molar-refractivity contribution is -0.140. The third-order valence-electron chi connectivity index (χ3n) is 3.82. The van der Waals surface area contributed by atoms with Gasteiger partial charge in [-0.2, -0.15) is 5.26 Å². The largest absolute Gasteiger partial charge is 0.481 e. The molecule has 30 heavy (non-hydrogen) atoms. The van der Waals surface area contributed by atoms with Crippen LogP contribution < -0.4 is 11.1 Å². The number of carbonyl (C=O) groups excluding carboxylic acids is 1. The van der Waals surface area contributed by atoms with E-state index in [4.69, 9.17) is 32.8 Å². The zero-order valence-electron chi connectivity index (χ0n) is 16.0. The van der Waals surface area contributed by atoms with Gasteiger partial charge in [0.05, 0.1) is 12.1 Å². The molecular formula is C21H22ClN3O5. The Morgan fingerprint density at radius 3 is 2.17 bits per heavy atom. The van der Waals surface area contributed by atoms with Gasteiger partial charge in [-0.15, -0.1) is 0 Å². The summed E-state index contributed by atoms with van der Waals surface area (Å²) in [6.45, 7) is 0. The summed E-state index contributed by atoms with van der Waals surface area (Å²) in [5.74, 6) is -2.98. The van der Waals surface area contributed by atoms with Gasteiger partial charge in [-0.1, -0.05) is 41.9 Å². The van der Waals surface area contributed by atoms with Crippen LogP contribution in [-0.2, 0) is 16.0 Å². The van der Waals surface area contributed by atoms with Crippen molar-refractivity contribution in [3.05, 3.63) is 70.7 Å². The normalized spacial score (nSPS) is 11.8. The van der Waals surface area contributed by atoms with E-state index < -0.39 is 23.9 Å². The van der Waals surface area contributed by atoms with Crippen LogP contribution in [0.5, 0.6) is 0 Å². The van der Waals surface area contributed by atoms with Crippen molar-refractivity contribution in [2.24, 2.45) is 5.73 Å². The summed E-state index contributed by atoms with van der Waals surface area (Å²) in [4.78, 5) is 33.1. The second-order valence-electron chi connectivity index (χ2n) is 6.23. The molecule has 0 aliphatic carbocycles. The second-order valence-corrected chi connectivity index (χ2v) is 6.67. The minimum Gasteiger partial charge on any atom is -0.481 e. The second kappa shape index (κ2) is 12.9. The predicted molar refractivity (Wildman–Crippen MR) is 111 cm³/mol. The summed E-state index contributed by atoms with van der Waals surface area (Å²) in [6, 6.07) is 16.1. The number of carboxylic acids is 2. The Morgan fingerprint density at radius 1 is 1.07 bits per heavy atom. The SMILES string of the molecule is N#CC(N)Cc1ccccc1.O=C(O)CC[C@H](NC(=O)c1ccc(Cl)cc1)C(=O)O. The first-order chi connectivity index (χ1) is 14.2. The van der Waals surface area contributed by atoms with Crippen LogP contribution in [0.25, 0.3) is 0 Å². The maximum atomic E-state index is 11.8. The van der Waals surface area contributed by atoms with E-state index in [1.807, 2.05) is 36.4 Å². The molecule has 0 heterocycles. The number of nitrogens with one attached hydrogen (secondary N) is 1. The average molecular weight is 432 g/mol. The molecule has 158 valence electrons. The van der Waals surface area contributed by atoms with Crippen molar-refractivity contribution in [2.75, 3.05) is 0 Å². The molecule has 0 aromatic heterocycles. The molecule has 1 unspecified atom stereocenters. The number of nitrogens with zero attached hydrogens (tertiary/aromatic N) is 1. The zero-order chi connectivity index (χ0) is 22.5. The lowest BCUT2D eigenvalue weighted by atomic mass is 10.1. The van der Waals surface area contributed by atoms with Crippen LogP contribution in [0.3, 0.4) is 0 Å². The number of hydrogen-bond donors (Lipinski definition) is 4. The van der Waals surface area contributed by atoms with E-state index in [-0.39, 0.29) is 24.4 Å². The molecular weight excluding hydrogens is 410 g/mol. The van der Waals surface area contributed by atoms with E-state index in [1.165, 1.54) is 24.3 Å². The molecule has 2 aromatic rings. The predicted octanol–water partition coefficient (Wildman–Crippen LogP) is 2.47. The Labute approximate surface area is 178 Å². The van der Waals surface area contributed by atoms with Gasteiger partial charge in [0.25, 0.3) is 5.91 Å². The van der Waals surface area contributed by atoms with E-state index in [0.717, 1.165) is 5.56 Å². The monoisotopic (exact) mass is 431 g/mol. The average Bonchev–Trinajstić information content (AvgIpc) is 2.72. The molecule has 8 nitrogen and oxygen atoms in total. The summed E-state index contributed by atoms with van der Waals surface area (Å²) in [7, 11) is 0. The number of hydrogen-bond acceptors (Lipinski definition) is 5. The van der Waals surface area contributed by atoms with Crippen molar-refractivity contribution in [1.29, 1.82) is 5.26 Å². The van der Waals surface area contributed by atoms with Gasteiger partial charge in [0.2, 0.25) is 0 Å². The topological polar surface area (TPSA) is 154 Å². The molecule has 9 heteroatoms. The minimum atomic E-state index is -1.27. The van der Waals surface area contributed by atoms with Crippen LogP contribution in [0.15, 0.2) is 54.6 Å². The van der Waals surface area contributed by atoms with Crippen molar-refractivity contribution in [3.8, 4) is 6.07 Å². The summed E-state index contributed by atoms with van der Waals surface area (Å²) in [5.41, 5.74) is 6.81. The smallest absolute Gasteiger partial charge is 0.326 e. The van der Waals surface area contributed by atoms with Gasteiger partial charge in [-0.3, -0.25) is 9.59 Å². The molecule has 0 saturated carbocycles. The lowest BCUT2D eigenvalue weighted by Gasteiger charge is -2.13. The highest BCUT2D eigenvalue weighted by Crippen LogP contribution is 2.10. The summed E-state index contributed by atoms with van der Waals surface area (Å²) >= 11 is 5.67. The third-order valence-corrected chi connectivity index (χ3v) is 4.07. The van der Waals surface area contributed by atoms with Crippen molar-refractivity contribution < 1.29 is 24.6 Å². The Bertz CT molecular complexity index is 882. The molecule has 0 bridgehead atoms. The summed E-state index contributed by atoms with van der Waals surface area (Å²) in [5, 5.41) is 28.5. The van der Waals surface area contributed by atoms with E-state index in [0.29, 0.717) is 11.4 Å². The minimum absolute atomic E-state index is 0.177. The Kier molecular flexibility index (Phi) is 10.6. The van der Waals surface area contributed by atoms with Gasteiger partial charge >= 0.3 is 11.9 Å². The quantitative estimate of drug-likeness (QED) is 0.500. The maximum Gasteiger partial charge on any atom is 0.326 e. The fraction of sp³-hybridized carbons (Fsp3) is 0.238. The zero-order valence-corrected chi connectivity index (χ0v) is 16.7. The summed E-state index contributed by atoms with van der Waals surface area (Å²) in [6.07, 6.45) is 0.124. The van der Waals surface area contributed by atoms with Crippen LogP contribution in [0, 0.1) is 11.3 Å². The first-order valence-electron chi connectivity index (χ1n) is 8.93. The van der Waals surface area contributed by atoms with Gasteiger partial charge < -0.3 is 21.3 Å². The van der Waals surface area contributed by atoms with E-state index in [9.17, 15) is 14.4 Å². The number of carboxylic acid groups (broad SMARTS) is 2. The number of halogens is 1. The molecule has 2 rings (SSSR count). The van der Waals surface area contributed by atoms with Gasteiger partial charge in [0, 0.05) is 23.4 Å². The van der Waals surface area contributed by atoms with Gasteiger partial charge in [-0.25, -0.2) is 4.79 Å². The van der Waals surface area contributed by atoms with E-state index in [2.05, 4.69) is 5.32 Å². The molecule has 0 spiro atoms. The summed E-state index contributed by atoms with van der Waals surface area (Å²) < 4.78 is 0. The lowest BCUT2D eigenvalue weighted by Crippen LogP contribution is -2.41. The molecule has 2 aromatic carbocycles. The maximum absolute atomic E-state index is 11.8. The highest BCUT2D eigenvalue weighted by molar-refractivity contribution is 6.30. The van der Waals surface area contributed by atoms with E-state index in [1.54, 1.807) is 0 Å². The standard InChI is InChI=1S/C12H12ClNO5.C9H10N2/c13-8-3-1-7(2-4-8)11(17)14-9(12(18)19)5-6-10(15)16;10-7-9(11)6-8-4-2-1-3-5-8/h1-4,9H,5-6H2,(H,14,17)(H,15,16)(H,18,19);1-5,9H,6,11H2/t9-;/m0./s1. The van der Waals surface area contributed by atoms with Crippen LogP contribution in [0.1, 0.15) is 28.8 Å². The fourth-order valence-electron chi connectivity index (χ4n) is 2.28. The molecule has 0 aliphatic heterocycles. The van der Waals surface area contributed by atoms with Gasteiger partial charge in [0.1, 0.15) is 6.04 Å². The van der Waals surface area contributed by atoms with Crippen LogP contribution in [-0.4, -0.2) is 40.1 Å². The molecule has 1 amide bonds. The Morgan fingerprint density at radius 2 is 1.67 bits per heavy atom. The molecule has 2 atom stereocenters. The van der Waals surface area contributed by atoms with Crippen LogP contribution in [0.2, 0.25) is 5.02 Å². The highest BCUT2D eigenvalue weighted by atomic mass is 35.5. The van der Waals surface area contributed by atoms with Crippen molar-refractivity contribution in [3.63, 3.8) is 0 Å².